The topological polar surface area (TPSA) is 34.1 Å². The molecule has 3 rings (SSSR count). The highest BCUT2D eigenvalue weighted by Gasteiger charge is 2.49. The van der Waals surface area contributed by atoms with E-state index in [2.05, 4.69) is 13.8 Å². The summed E-state index contributed by atoms with van der Waals surface area (Å²) >= 11 is 0. The first-order valence-corrected chi connectivity index (χ1v) is 9.00. The molecule has 1 fully saturated rings. The maximum absolute atomic E-state index is 12.4. The van der Waals surface area contributed by atoms with Crippen LogP contribution >= 0.6 is 0 Å². The second-order valence-corrected chi connectivity index (χ2v) is 7.37. The van der Waals surface area contributed by atoms with Gasteiger partial charge in [-0.1, -0.05) is 25.8 Å². The van der Waals surface area contributed by atoms with Crippen LogP contribution in [0.2, 0.25) is 0 Å². The van der Waals surface area contributed by atoms with E-state index < -0.39 is 0 Å². The van der Waals surface area contributed by atoms with Gasteiger partial charge in [-0.05, 0) is 74.5 Å². The smallest absolute Gasteiger partial charge is 0.156 e. The molecule has 0 spiro atoms. The van der Waals surface area contributed by atoms with Crippen molar-refractivity contribution in [3.8, 4) is 0 Å². The number of ketones is 2. The van der Waals surface area contributed by atoms with Gasteiger partial charge >= 0.3 is 0 Å². The van der Waals surface area contributed by atoms with Gasteiger partial charge in [0.25, 0.3) is 0 Å². The van der Waals surface area contributed by atoms with E-state index >= 15 is 0 Å². The first-order valence-electron chi connectivity index (χ1n) is 9.00. The fourth-order valence-corrected chi connectivity index (χ4v) is 5.57. The van der Waals surface area contributed by atoms with E-state index in [9.17, 15) is 9.59 Å². The molecule has 0 saturated heterocycles. The van der Waals surface area contributed by atoms with Gasteiger partial charge in [-0.2, -0.15) is 0 Å². The van der Waals surface area contributed by atoms with Crippen molar-refractivity contribution in [2.45, 2.75) is 72.1 Å². The molecule has 3 atom stereocenters. The molecule has 2 heteroatoms. The molecule has 0 aromatic rings. The van der Waals surface area contributed by atoms with Gasteiger partial charge in [0.1, 0.15) is 5.78 Å². The number of carbonyl (C=O) groups is 2. The van der Waals surface area contributed by atoms with Crippen molar-refractivity contribution in [1.82, 2.24) is 0 Å². The summed E-state index contributed by atoms with van der Waals surface area (Å²) in [4.78, 5) is 24.1. The lowest BCUT2D eigenvalue weighted by Crippen LogP contribution is -2.45. The summed E-state index contributed by atoms with van der Waals surface area (Å²) in [6.45, 7) is 6.24. The van der Waals surface area contributed by atoms with Gasteiger partial charge in [-0.25, -0.2) is 0 Å². The van der Waals surface area contributed by atoms with Crippen molar-refractivity contribution in [3.63, 3.8) is 0 Å². The van der Waals surface area contributed by atoms with E-state index in [4.69, 9.17) is 0 Å². The molecule has 2 nitrogen and oxygen atoms in total. The number of hydrogen-bond acceptors (Lipinski definition) is 2. The van der Waals surface area contributed by atoms with Crippen LogP contribution in [0.25, 0.3) is 0 Å². The fourth-order valence-electron chi connectivity index (χ4n) is 5.57. The van der Waals surface area contributed by atoms with Crippen molar-refractivity contribution in [2.75, 3.05) is 0 Å². The van der Waals surface area contributed by atoms with Crippen LogP contribution in [0.15, 0.2) is 22.8 Å². The third-order valence-corrected chi connectivity index (χ3v) is 6.71. The zero-order valence-electron chi connectivity index (χ0n) is 14.2. The molecule has 3 aliphatic rings. The van der Waals surface area contributed by atoms with E-state index in [1.807, 2.05) is 6.08 Å². The van der Waals surface area contributed by atoms with Gasteiger partial charge in [0.05, 0.1) is 0 Å². The minimum atomic E-state index is -0.102. The van der Waals surface area contributed by atoms with Crippen LogP contribution in [0.3, 0.4) is 0 Å². The molecular formula is C20H28O2. The molecule has 0 aromatic heterocycles. The van der Waals surface area contributed by atoms with Gasteiger partial charge in [0.15, 0.2) is 5.78 Å². The van der Waals surface area contributed by atoms with Crippen LogP contribution in [-0.2, 0) is 9.59 Å². The Balaban J connectivity index is 2.03. The third-order valence-electron chi connectivity index (χ3n) is 6.71. The van der Waals surface area contributed by atoms with Gasteiger partial charge in [0, 0.05) is 11.8 Å². The Morgan fingerprint density at radius 1 is 1.23 bits per heavy atom. The number of carbonyl (C=O) groups excluding carboxylic acids is 2. The zero-order valence-corrected chi connectivity index (χ0v) is 14.2. The maximum Gasteiger partial charge on any atom is 0.156 e. The Morgan fingerprint density at radius 3 is 2.64 bits per heavy atom. The molecule has 0 aliphatic heterocycles. The Labute approximate surface area is 134 Å². The Morgan fingerprint density at radius 2 is 2.00 bits per heavy atom. The Kier molecular flexibility index (Phi) is 4.13. The first-order chi connectivity index (χ1) is 10.5. The largest absolute Gasteiger partial charge is 0.299 e. The van der Waals surface area contributed by atoms with Crippen LogP contribution in [0, 0.1) is 17.3 Å². The predicted octanol–water partition coefficient (Wildman–Crippen LogP) is 4.79. The lowest BCUT2D eigenvalue weighted by molar-refractivity contribution is -0.133. The quantitative estimate of drug-likeness (QED) is 0.751. The monoisotopic (exact) mass is 300 g/mol. The standard InChI is InChI=1S/C20H28O2/c1-4-19-18-8-6-14-12-15(22)7-9-16(14)17(18)10-11-20(19,5-2)13(3)21/h12,18-19H,4-11H2,1-3H3/t18-,19+,20-/m1/s1. The van der Waals surface area contributed by atoms with Crippen molar-refractivity contribution in [2.24, 2.45) is 17.3 Å². The molecule has 0 unspecified atom stereocenters. The van der Waals surface area contributed by atoms with Gasteiger partial charge in [-0.3, -0.25) is 9.59 Å². The molecule has 0 radical (unpaired) electrons. The minimum absolute atomic E-state index is 0.102. The lowest BCUT2D eigenvalue weighted by atomic mass is 9.53. The summed E-state index contributed by atoms with van der Waals surface area (Å²) in [5, 5.41) is 0. The average molecular weight is 300 g/mol. The summed E-state index contributed by atoms with van der Waals surface area (Å²) in [5.74, 6) is 1.76. The van der Waals surface area contributed by atoms with Crippen LogP contribution < -0.4 is 0 Å². The summed E-state index contributed by atoms with van der Waals surface area (Å²) in [7, 11) is 0. The van der Waals surface area contributed by atoms with Crippen molar-refractivity contribution >= 4 is 11.6 Å². The van der Waals surface area contributed by atoms with Crippen molar-refractivity contribution in [1.29, 1.82) is 0 Å². The van der Waals surface area contributed by atoms with E-state index in [0.29, 0.717) is 29.8 Å². The van der Waals surface area contributed by atoms with E-state index in [1.54, 1.807) is 12.5 Å². The normalized spacial score (nSPS) is 34.9. The second kappa shape index (κ2) is 5.79. The highest BCUT2D eigenvalue weighted by atomic mass is 16.1. The SMILES string of the molecule is CC[C@H]1[C@@H]2CCC3=CC(=O)CCC3=C2CC[C@]1(CC)C(C)=O. The molecule has 0 N–H and O–H groups in total. The van der Waals surface area contributed by atoms with Crippen LogP contribution in [0.5, 0.6) is 0 Å². The molecule has 120 valence electrons. The fraction of sp³-hybridized carbons (Fsp3) is 0.700. The summed E-state index contributed by atoms with van der Waals surface area (Å²) in [5.41, 5.74) is 4.30. The summed E-state index contributed by atoms with van der Waals surface area (Å²) in [6.07, 6.45) is 9.81. The highest BCUT2D eigenvalue weighted by Crippen LogP contribution is 2.56. The first kappa shape index (κ1) is 15.7. The number of fused-ring (bicyclic) bond motifs is 2. The highest BCUT2D eigenvalue weighted by molar-refractivity contribution is 5.93. The molecule has 0 aromatic carbocycles. The number of rotatable bonds is 3. The van der Waals surface area contributed by atoms with Crippen molar-refractivity contribution in [3.05, 3.63) is 22.8 Å². The molecule has 0 bridgehead atoms. The molecule has 1 saturated carbocycles. The minimum Gasteiger partial charge on any atom is -0.299 e. The van der Waals surface area contributed by atoms with E-state index in [-0.39, 0.29) is 5.41 Å². The molecule has 0 heterocycles. The van der Waals surface area contributed by atoms with E-state index in [0.717, 1.165) is 44.9 Å². The maximum atomic E-state index is 12.4. The molecule has 0 amide bonds. The molecule has 3 aliphatic carbocycles. The van der Waals surface area contributed by atoms with Crippen LogP contribution in [0.1, 0.15) is 72.1 Å². The predicted molar refractivity (Wildman–Crippen MR) is 88.5 cm³/mol. The molecular weight excluding hydrogens is 272 g/mol. The zero-order chi connectivity index (χ0) is 15.9. The average Bonchev–Trinajstić information content (AvgIpc) is 2.52. The van der Waals surface area contributed by atoms with Crippen molar-refractivity contribution < 1.29 is 9.59 Å². The van der Waals surface area contributed by atoms with E-state index in [1.165, 1.54) is 11.1 Å². The van der Waals surface area contributed by atoms with Crippen LogP contribution in [-0.4, -0.2) is 11.6 Å². The Hall–Kier alpha value is -1.18. The number of hydrogen-bond donors (Lipinski definition) is 0. The number of allylic oxidation sites excluding steroid dienone is 4. The van der Waals surface area contributed by atoms with Gasteiger partial charge in [0.2, 0.25) is 0 Å². The summed E-state index contributed by atoms with van der Waals surface area (Å²) in [6, 6.07) is 0. The third kappa shape index (κ3) is 2.23. The van der Waals surface area contributed by atoms with Crippen LogP contribution in [0.4, 0.5) is 0 Å². The summed E-state index contributed by atoms with van der Waals surface area (Å²) < 4.78 is 0. The lowest BCUT2D eigenvalue weighted by Gasteiger charge is -2.50. The Bertz CT molecular complexity index is 566. The molecule has 22 heavy (non-hydrogen) atoms. The van der Waals surface area contributed by atoms with Gasteiger partial charge < -0.3 is 0 Å². The second-order valence-electron chi connectivity index (χ2n) is 7.37. The van der Waals surface area contributed by atoms with Gasteiger partial charge in [-0.15, -0.1) is 0 Å². The number of Topliss-reactive ketones (excluding diaryl/α,β-unsaturated/α-hetero) is 1.